The Kier molecular flexibility index (Phi) is 5.63. The lowest BCUT2D eigenvalue weighted by Crippen LogP contribution is -2.14. The largest absolute Gasteiger partial charge is 0.342 e. The number of carbonyl (C=O) groups is 1. The van der Waals surface area contributed by atoms with E-state index in [1.54, 1.807) is 24.3 Å². The number of hydrogen-bond donors (Lipinski definition) is 1. The molecular weight excluding hydrogens is 389 g/mol. The Bertz CT molecular complexity index is 1330. The summed E-state index contributed by atoms with van der Waals surface area (Å²) >= 11 is 0. The summed E-state index contributed by atoms with van der Waals surface area (Å²) in [4.78, 5) is 12.7. The number of nitrogens with zero attached hydrogens (tertiary/aromatic N) is 2. The lowest BCUT2D eigenvalue weighted by molar-refractivity contribution is -0.112. The number of halogens is 1. The number of nitriles is 1. The first kappa shape index (κ1) is 20.1. The third kappa shape index (κ3) is 4.39. The number of nitrogens with one attached hydrogen (secondary N) is 1. The van der Waals surface area contributed by atoms with Crippen molar-refractivity contribution in [1.29, 1.82) is 5.26 Å². The maximum atomic E-state index is 13.2. The van der Waals surface area contributed by atoms with Crippen molar-refractivity contribution >= 4 is 28.6 Å². The van der Waals surface area contributed by atoms with Crippen molar-refractivity contribution in [3.63, 3.8) is 0 Å². The van der Waals surface area contributed by atoms with E-state index in [2.05, 4.69) is 5.32 Å². The van der Waals surface area contributed by atoms with Gasteiger partial charge in [-0.1, -0.05) is 48.5 Å². The fraction of sp³-hybridized carbons (Fsp3) is 0.0769. The number of hydrogen-bond acceptors (Lipinski definition) is 2. The van der Waals surface area contributed by atoms with E-state index >= 15 is 0 Å². The summed E-state index contributed by atoms with van der Waals surface area (Å²) < 4.78 is 15.3. The van der Waals surface area contributed by atoms with E-state index in [-0.39, 0.29) is 11.4 Å². The number of carbonyl (C=O) groups excluding carboxylic acids is 1. The van der Waals surface area contributed by atoms with Crippen LogP contribution in [-0.2, 0) is 11.3 Å². The Morgan fingerprint density at radius 1 is 1.06 bits per heavy atom. The molecule has 1 heterocycles. The first-order chi connectivity index (χ1) is 15.0. The molecule has 0 fully saturated rings. The van der Waals surface area contributed by atoms with Crippen molar-refractivity contribution in [1.82, 2.24) is 4.57 Å². The normalized spacial score (nSPS) is 11.3. The van der Waals surface area contributed by atoms with E-state index in [4.69, 9.17) is 0 Å². The zero-order valence-electron chi connectivity index (χ0n) is 17.0. The molecule has 4 aromatic rings. The highest BCUT2D eigenvalue weighted by molar-refractivity contribution is 6.11. The predicted molar refractivity (Wildman–Crippen MR) is 121 cm³/mol. The number of aryl methyl sites for hydroxylation is 1. The highest BCUT2D eigenvalue weighted by Gasteiger charge is 2.13. The van der Waals surface area contributed by atoms with Crippen molar-refractivity contribution in [2.24, 2.45) is 0 Å². The van der Waals surface area contributed by atoms with Crippen LogP contribution in [-0.4, -0.2) is 10.5 Å². The van der Waals surface area contributed by atoms with Gasteiger partial charge in [-0.15, -0.1) is 0 Å². The number of fused-ring (bicyclic) bond motifs is 1. The molecule has 1 amide bonds. The van der Waals surface area contributed by atoms with Gasteiger partial charge in [-0.25, -0.2) is 4.39 Å². The first-order valence-electron chi connectivity index (χ1n) is 9.86. The van der Waals surface area contributed by atoms with Gasteiger partial charge in [0, 0.05) is 34.9 Å². The van der Waals surface area contributed by atoms with Crippen LogP contribution in [0.4, 0.5) is 10.1 Å². The predicted octanol–water partition coefficient (Wildman–Crippen LogP) is 5.68. The number of anilines is 1. The van der Waals surface area contributed by atoms with E-state index in [1.807, 2.05) is 66.2 Å². The molecule has 0 spiro atoms. The second kappa shape index (κ2) is 8.68. The third-order valence-electron chi connectivity index (χ3n) is 5.14. The molecule has 0 saturated carbocycles. The maximum Gasteiger partial charge on any atom is 0.266 e. The van der Waals surface area contributed by atoms with Gasteiger partial charge in [0.15, 0.2) is 0 Å². The first-order valence-corrected chi connectivity index (χ1v) is 9.86. The lowest BCUT2D eigenvalue weighted by atomic mass is 10.1. The van der Waals surface area contributed by atoms with Crippen LogP contribution in [0.25, 0.3) is 17.0 Å². The summed E-state index contributed by atoms with van der Waals surface area (Å²) in [5.41, 5.74) is 4.31. The number of amides is 1. The Balaban J connectivity index is 1.68. The molecule has 0 atom stereocenters. The Morgan fingerprint density at radius 2 is 1.77 bits per heavy atom. The van der Waals surface area contributed by atoms with Crippen LogP contribution in [0, 0.1) is 24.1 Å². The summed E-state index contributed by atoms with van der Waals surface area (Å²) in [6.45, 7) is 2.44. The average Bonchev–Trinajstić information content (AvgIpc) is 3.12. The van der Waals surface area contributed by atoms with Gasteiger partial charge in [-0.3, -0.25) is 4.79 Å². The van der Waals surface area contributed by atoms with E-state index in [0.29, 0.717) is 12.2 Å². The zero-order valence-corrected chi connectivity index (χ0v) is 17.0. The molecule has 0 aliphatic carbocycles. The van der Waals surface area contributed by atoms with Gasteiger partial charge >= 0.3 is 0 Å². The molecule has 0 bridgehead atoms. The zero-order chi connectivity index (χ0) is 21.8. The van der Waals surface area contributed by atoms with Crippen molar-refractivity contribution in [3.05, 3.63) is 107 Å². The molecule has 152 valence electrons. The molecule has 31 heavy (non-hydrogen) atoms. The summed E-state index contributed by atoms with van der Waals surface area (Å²) in [6, 6.07) is 23.6. The van der Waals surface area contributed by atoms with Crippen LogP contribution in [0.15, 0.2) is 84.6 Å². The van der Waals surface area contributed by atoms with Crippen LogP contribution in [0.2, 0.25) is 0 Å². The van der Waals surface area contributed by atoms with E-state index in [9.17, 15) is 14.4 Å². The molecular formula is C26H20FN3O. The topological polar surface area (TPSA) is 57.8 Å². The summed E-state index contributed by atoms with van der Waals surface area (Å²) in [6.07, 6.45) is 3.52. The molecule has 1 aromatic heterocycles. The van der Waals surface area contributed by atoms with E-state index < -0.39 is 5.91 Å². The second-order valence-corrected chi connectivity index (χ2v) is 7.29. The fourth-order valence-electron chi connectivity index (χ4n) is 3.51. The number of rotatable bonds is 5. The highest BCUT2D eigenvalue weighted by atomic mass is 19.1. The maximum absolute atomic E-state index is 13.2. The number of benzene rings is 3. The monoisotopic (exact) mass is 409 g/mol. The van der Waals surface area contributed by atoms with Crippen LogP contribution < -0.4 is 5.32 Å². The average molecular weight is 409 g/mol. The van der Waals surface area contributed by atoms with Gasteiger partial charge in [-0.05, 0) is 48.4 Å². The third-order valence-corrected chi connectivity index (χ3v) is 5.14. The molecule has 5 heteroatoms. The van der Waals surface area contributed by atoms with Gasteiger partial charge in [0.1, 0.15) is 17.5 Å². The SMILES string of the molecule is Cc1ccccc1NC(=O)/C(C#N)=C\c1cn(Cc2ccc(F)cc2)c2ccccc12. The molecule has 0 aliphatic rings. The number of para-hydroxylation sites is 2. The van der Waals surface area contributed by atoms with Gasteiger partial charge in [0.25, 0.3) is 5.91 Å². The van der Waals surface area contributed by atoms with Crippen molar-refractivity contribution in [2.45, 2.75) is 13.5 Å². The number of aromatic nitrogens is 1. The highest BCUT2D eigenvalue weighted by Crippen LogP contribution is 2.25. The van der Waals surface area contributed by atoms with Gasteiger partial charge in [0.2, 0.25) is 0 Å². The smallest absolute Gasteiger partial charge is 0.266 e. The quantitative estimate of drug-likeness (QED) is 0.340. The van der Waals surface area contributed by atoms with Gasteiger partial charge in [0.05, 0.1) is 0 Å². The minimum Gasteiger partial charge on any atom is -0.342 e. The molecule has 0 saturated heterocycles. The van der Waals surface area contributed by atoms with Gasteiger partial charge < -0.3 is 9.88 Å². The van der Waals surface area contributed by atoms with E-state index in [0.717, 1.165) is 27.6 Å². The summed E-state index contributed by atoms with van der Waals surface area (Å²) in [5, 5.41) is 13.4. The van der Waals surface area contributed by atoms with Crippen LogP contribution >= 0.6 is 0 Å². The van der Waals surface area contributed by atoms with Crippen LogP contribution in [0.3, 0.4) is 0 Å². The molecule has 4 nitrogen and oxygen atoms in total. The fourth-order valence-corrected chi connectivity index (χ4v) is 3.51. The van der Waals surface area contributed by atoms with Crippen molar-refractivity contribution < 1.29 is 9.18 Å². The standard InChI is InChI=1S/C26H20FN3O/c1-18-6-2-4-8-24(18)29-26(31)20(15-28)14-21-17-30(25-9-5-3-7-23(21)25)16-19-10-12-22(27)13-11-19/h2-14,17H,16H2,1H3,(H,29,31)/b20-14-. The Hall–Kier alpha value is -4.17. The minimum absolute atomic E-state index is 0.0212. The second-order valence-electron chi connectivity index (χ2n) is 7.29. The molecule has 0 unspecified atom stereocenters. The minimum atomic E-state index is -0.452. The molecule has 0 aliphatic heterocycles. The van der Waals surface area contributed by atoms with Crippen LogP contribution in [0.1, 0.15) is 16.7 Å². The molecule has 0 radical (unpaired) electrons. The van der Waals surface area contributed by atoms with Gasteiger partial charge in [-0.2, -0.15) is 5.26 Å². The Morgan fingerprint density at radius 3 is 2.52 bits per heavy atom. The summed E-state index contributed by atoms with van der Waals surface area (Å²) in [7, 11) is 0. The summed E-state index contributed by atoms with van der Waals surface area (Å²) in [5.74, 6) is -0.727. The molecule has 1 N–H and O–H groups in total. The van der Waals surface area contributed by atoms with Crippen molar-refractivity contribution in [3.8, 4) is 6.07 Å². The van der Waals surface area contributed by atoms with Crippen LogP contribution in [0.5, 0.6) is 0 Å². The Labute approximate surface area is 179 Å². The molecule has 3 aromatic carbocycles. The lowest BCUT2D eigenvalue weighted by Gasteiger charge is -2.07. The van der Waals surface area contributed by atoms with E-state index in [1.165, 1.54) is 12.1 Å². The molecule has 4 rings (SSSR count). The van der Waals surface area contributed by atoms with Crippen molar-refractivity contribution in [2.75, 3.05) is 5.32 Å².